The molecular weight excluding hydrogens is 460 g/mol. The van der Waals surface area contributed by atoms with E-state index in [4.69, 9.17) is 5.10 Å². The molecule has 0 bridgehead atoms. The van der Waals surface area contributed by atoms with Crippen LogP contribution in [0.3, 0.4) is 0 Å². The summed E-state index contributed by atoms with van der Waals surface area (Å²) in [5.41, 5.74) is 4.06. The van der Waals surface area contributed by atoms with Crippen molar-refractivity contribution in [3.05, 3.63) is 53.2 Å². The summed E-state index contributed by atoms with van der Waals surface area (Å²) in [7, 11) is 4.21. The lowest BCUT2D eigenvalue weighted by Crippen LogP contribution is -2.38. The van der Waals surface area contributed by atoms with Gasteiger partial charge in [-0.15, -0.1) is 11.3 Å². The second-order valence-corrected chi connectivity index (χ2v) is 10.5. The van der Waals surface area contributed by atoms with Crippen molar-refractivity contribution in [2.24, 2.45) is 0 Å². The molecule has 1 saturated heterocycles. The lowest BCUT2D eigenvalue weighted by Gasteiger charge is -2.33. The number of para-hydroxylation sites is 1. The Balaban J connectivity index is 1.42. The number of aromatic nitrogens is 3. The number of amides is 2. The average Bonchev–Trinajstić information content (AvgIpc) is 3.61. The molecule has 1 fully saturated rings. The van der Waals surface area contributed by atoms with Gasteiger partial charge in [-0.1, -0.05) is 18.2 Å². The molecule has 0 radical (unpaired) electrons. The Kier molecular flexibility index (Phi) is 5.55. The van der Waals surface area contributed by atoms with Crippen molar-refractivity contribution in [3.8, 4) is 0 Å². The summed E-state index contributed by atoms with van der Waals surface area (Å²) in [4.78, 5) is 34.0. The highest BCUT2D eigenvalue weighted by Crippen LogP contribution is 2.39. The zero-order valence-corrected chi connectivity index (χ0v) is 20.7. The average molecular weight is 489 g/mol. The monoisotopic (exact) mass is 488 g/mol. The molecule has 2 aliphatic rings. The third-order valence-electron chi connectivity index (χ3n) is 7.10. The summed E-state index contributed by atoms with van der Waals surface area (Å²) >= 11 is 1.56. The zero-order valence-electron chi connectivity index (χ0n) is 19.9. The molecule has 2 aliphatic heterocycles. The molecule has 0 aliphatic carbocycles. The van der Waals surface area contributed by atoms with Crippen LogP contribution in [-0.2, 0) is 9.59 Å². The first-order chi connectivity index (χ1) is 17.0. The molecule has 1 aromatic carbocycles. The van der Waals surface area contributed by atoms with E-state index < -0.39 is 0 Å². The van der Waals surface area contributed by atoms with Gasteiger partial charge in [-0.05, 0) is 44.4 Å². The van der Waals surface area contributed by atoms with Gasteiger partial charge in [0.05, 0.1) is 32.9 Å². The van der Waals surface area contributed by atoms with Gasteiger partial charge in [0.25, 0.3) is 11.8 Å². The first kappa shape index (κ1) is 22.2. The van der Waals surface area contributed by atoms with Gasteiger partial charge in [0, 0.05) is 43.3 Å². The molecule has 6 rings (SSSR count). The normalized spacial score (nSPS) is 18.0. The molecule has 2 amide bonds. The number of thiophene rings is 1. The van der Waals surface area contributed by atoms with Crippen molar-refractivity contribution in [3.63, 3.8) is 0 Å². The Bertz CT molecular complexity index is 1470. The van der Waals surface area contributed by atoms with Crippen molar-refractivity contribution in [2.75, 3.05) is 40.3 Å². The maximum atomic E-state index is 13.1. The van der Waals surface area contributed by atoms with Crippen LogP contribution >= 0.6 is 11.3 Å². The quantitative estimate of drug-likeness (QED) is 0.407. The maximum absolute atomic E-state index is 13.1. The number of H-pyrrole nitrogens is 1. The molecule has 0 saturated carbocycles. The van der Waals surface area contributed by atoms with Crippen molar-refractivity contribution in [1.82, 2.24) is 29.9 Å². The van der Waals surface area contributed by atoms with E-state index in [0.717, 1.165) is 65.7 Å². The van der Waals surface area contributed by atoms with Gasteiger partial charge < -0.3 is 14.8 Å². The Morgan fingerprint density at radius 3 is 2.66 bits per heavy atom. The number of carbonyl (C=O) groups excluding carboxylic acids is 2. The minimum atomic E-state index is -0.384. The summed E-state index contributed by atoms with van der Waals surface area (Å²) in [6.07, 6.45) is 3.82. The highest BCUT2D eigenvalue weighted by atomic mass is 32.1. The lowest BCUT2D eigenvalue weighted by molar-refractivity contribution is -0.122. The summed E-state index contributed by atoms with van der Waals surface area (Å²) < 4.78 is 3.06. The van der Waals surface area contributed by atoms with Gasteiger partial charge in [0.1, 0.15) is 5.69 Å². The van der Waals surface area contributed by atoms with Crippen LogP contribution in [0.2, 0.25) is 0 Å². The van der Waals surface area contributed by atoms with Crippen molar-refractivity contribution in [2.45, 2.75) is 18.9 Å². The summed E-state index contributed by atoms with van der Waals surface area (Å²) in [6, 6.07) is 10.3. The maximum Gasteiger partial charge on any atom is 0.261 e. The van der Waals surface area contributed by atoms with E-state index in [1.54, 1.807) is 11.3 Å². The Morgan fingerprint density at radius 2 is 1.86 bits per heavy atom. The molecule has 0 unspecified atom stereocenters. The number of hydrogen-bond acceptors (Lipinski definition) is 6. The molecule has 4 aromatic rings. The standard InChI is InChI=1S/C26H28N6O2S/c1-30(2)12-13-31-10-7-16(8-11-31)32-20-6-4-3-5-17(20)23(29-32)22-21(25(33)28-26(22)34)18-15-27-19-9-14-35-24(18)19/h3-6,9,14-16,27H,7-8,10-13H2,1-2H3,(H,28,33,34). The lowest BCUT2D eigenvalue weighted by atomic mass is 9.99. The number of benzene rings is 1. The molecule has 0 spiro atoms. The molecule has 0 atom stereocenters. The molecule has 9 heteroatoms. The number of carbonyl (C=O) groups is 2. The van der Waals surface area contributed by atoms with Crippen molar-refractivity contribution >= 4 is 55.4 Å². The number of likely N-dealkylation sites (N-methyl/N-ethyl adjacent to an activating group) is 1. The van der Waals surface area contributed by atoms with Crippen LogP contribution < -0.4 is 5.32 Å². The molecule has 3 aromatic heterocycles. The molecule has 35 heavy (non-hydrogen) atoms. The number of hydrogen-bond donors (Lipinski definition) is 2. The first-order valence-corrected chi connectivity index (χ1v) is 12.9. The van der Waals surface area contributed by atoms with E-state index >= 15 is 0 Å². The highest BCUT2D eigenvalue weighted by molar-refractivity contribution is 7.17. The topological polar surface area (TPSA) is 86.3 Å². The van der Waals surface area contributed by atoms with Crippen molar-refractivity contribution in [1.29, 1.82) is 0 Å². The van der Waals surface area contributed by atoms with Crippen LogP contribution in [0.1, 0.15) is 30.1 Å². The Hall–Kier alpha value is -3.27. The molecule has 2 N–H and O–H groups in total. The fourth-order valence-corrected chi connectivity index (χ4v) is 6.13. The van der Waals surface area contributed by atoms with Gasteiger partial charge in [-0.2, -0.15) is 5.10 Å². The number of imide groups is 1. The number of rotatable bonds is 6. The van der Waals surface area contributed by atoms with Crippen molar-refractivity contribution < 1.29 is 9.59 Å². The molecule has 5 heterocycles. The Labute approximate surface area is 207 Å². The van der Waals surface area contributed by atoms with Crippen LogP contribution in [-0.4, -0.2) is 76.7 Å². The zero-order chi connectivity index (χ0) is 24.1. The van der Waals surface area contributed by atoms with Crippen LogP contribution in [0, 0.1) is 0 Å². The van der Waals surface area contributed by atoms with Gasteiger partial charge in [-0.3, -0.25) is 19.6 Å². The van der Waals surface area contributed by atoms with E-state index in [2.05, 4.69) is 44.9 Å². The predicted octanol–water partition coefficient (Wildman–Crippen LogP) is 3.34. The largest absolute Gasteiger partial charge is 0.360 e. The fourth-order valence-electron chi connectivity index (χ4n) is 5.25. The van der Waals surface area contributed by atoms with Crippen LogP contribution in [0.4, 0.5) is 0 Å². The van der Waals surface area contributed by atoms with Gasteiger partial charge in [0.15, 0.2) is 0 Å². The molecule has 8 nitrogen and oxygen atoms in total. The minimum absolute atomic E-state index is 0.254. The van der Waals surface area contributed by atoms with Crippen LogP contribution in [0.5, 0.6) is 0 Å². The van der Waals surface area contributed by atoms with E-state index in [1.807, 2.05) is 35.8 Å². The highest BCUT2D eigenvalue weighted by Gasteiger charge is 2.37. The number of fused-ring (bicyclic) bond motifs is 2. The number of aromatic amines is 1. The van der Waals surface area contributed by atoms with Crippen LogP contribution in [0.25, 0.3) is 32.3 Å². The van der Waals surface area contributed by atoms with Gasteiger partial charge in [-0.25, -0.2) is 0 Å². The van der Waals surface area contributed by atoms with E-state index in [1.165, 1.54) is 0 Å². The minimum Gasteiger partial charge on any atom is -0.360 e. The Morgan fingerprint density at radius 1 is 1.09 bits per heavy atom. The van der Waals surface area contributed by atoms with E-state index in [9.17, 15) is 9.59 Å². The smallest absolute Gasteiger partial charge is 0.261 e. The van der Waals surface area contributed by atoms with Gasteiger partial charge >= 0.3 is 0 Å². The number of nitrogens with one attached hydrogen (secondary N) is 2. The SMILES string of the molecule is CN(C)CCN1CCC(n2nc(C3=C(c4c[nH]c5ccsc45)C(=O)NC3=O)c3ccccc32)CC1. The van der Waals surface area contributed by atoms with Crippen LogP contribution in [0.15, 0.2) is 41.9 Å². The molecular formula is C26H28N6O2S. The second-order valence-electron chi connectivity index (χ2n) is 9.59. The third-order valence-corrected chi connectivity index (χ3v) is 8.05. The number of likely N-dealkylation sites (tertiary alicyclic amines) is 1. The summed E-state index contributed by atoms with van der Waals surface area (Å²) in [6.45, 7) is 4.16. The summed E-state index contributed by atoms with van der Waals surface area (Å²) in [5.74, 6) is -0.753. The first-order valence-electron chi connectivity index (χ1n) is 12.0. The van der Waals surface area contributed by atoms with E-state index in [0.29, 0.717) is 16.8 Å². The predicted molar refractivity (Wildman–Crippen MR) is 139 cm³/mol. The fraction of sp³-hybridized carbons (Fsp3) is 0.346. The second kappa shape index (κ2) is 8.75. The third kappa shape index (κ3) is 3.80. The van der Waals surface area contributed by atoms with E-state index in [-0.39, 0.29) is 17.9 Å². The van der Waals surface area contributed by atoms with Gasteiger partial charge in [0.2, 0.25) is 0 Å². The number of nitrogens with zero attached hydrogens (tertiary/aromatic N) is 4. The number of piperidine rings is 1. The molecule has 180 valence electrons. The summed E-state index contributed by atoms with van der Waals surface area (Å²) in [5, 5.41) is 10.4.